The molecule has 4 heteroatoms. The Morgan fingerprint density at radius 2 is 1.84 bits per heavy atom. The van der Waals surface area contributed by atoms with Gasteiger partial charge in [0.1, 0.15) is 0 Å². The summed E-state index contributed by atoms with van der Waals surface area (Å²) in [4.78, 5) is 7.23. The SMILES string of the molecule is CCNC(=NCCCN1CCCCCC1)NC(C)C. The molecule has 0 aromatic carbocycles. The molecule has 4 nitrogen and oxygen atoms in total. The number of nitrogens with zero attached hydrogens (tertiary/aromatic N) is 2. The summed E-state index contributed by atoms with van der Waals surface area (Å²) in [7, 11) is 0. The van der Waals surface area contributed by atoms with Gasteiger partial charge >= 0.3 is 0 Å². The first-order chi connectivity index (χ1) is 9.22. The number of hydrogen-bond donors (Lipinski definition) is 2. The topological polar surface area (TPSA) is 39.7 Å². The fraction of sp³-hybridized carbons (Fsp3) is 0.933. The minimum absolute atomic E-state index is 0.434. The summed E-state index contributed by atoms with van der Waals surface area (Å²) in [5.74, 6) is 0.952. The van der Waals surface area contributed by atoms with Crippen molar-refractivity contribution in [3.8, 4) is 0 Å². The Morgan fingerprint density at radius 1 is 1.16 bits per heavy atom. The van der Waals surface area contributed by atoms with Crippen LogP contribution in [0.1, 0.15) is 52.9 Å². The average Bonchev–Trinajstić information content (AvgIpc) is 2.62. The third-order valence-electron chi connectivity index (χ3n) is 3.37. The second-order valence-electron chi connectivity index (χ2n) is 5.67. The molecule has 1 saturated heterocycles. The molecule has 19 heavy (non-hydrogen) atoms. The van der Waals surface area contributed by atoms with Gasteiger partial charge in [0, 0.05) is 19.1 Å². The maximum Gasteiger partial charge on any atom is 0.191 e. The minimum atomic E-state index is 0.434. The molecule has 1 heterocycles. The van der Waals surface area contributed by atoms with Gasteiger partial charge in [-0.05, 0) is 59.7 Å². The molecule has 0 aromatic rings. The highest BCUT2D eigenvalue weighted by Gasteiger charge is 2.07. The van der Waals surface area contributed by atoms with E-state index < -0.39 is 0 Å². The lowest BCUT2D eigenvalue weighted by atomic mass is 10.2. The molecule has 0 radical (unpaired) electrons. The highest BCUT2D eigenvalue weighted by atomic mass is 15.2. The van der Waals surface area contributed by atoms with Crippen LogP contribution in [-0.2, 0) is 0 Å². The monoisotopic (exact) mass is 268 g/mol. The molecule has 0 atom stereocenters. The Hall–Kier alpha value is -0.770. The lowest BCUT2D eigenvalue weighted by molar-refractivity contribution is 0.283. The van der Waals surface area contributed by atoms with E-state index in [9.17, 15) is 0 Å². The summed E-state index contributed by atoms with van der Waals surface area (Å²) in [6.07, 6.45) is 6.74. The molecule has 0 saturated carbocycles. The molecular formula is C15H32N4. The Kier molecular flexibility index (Phi) is 8.63. The number of nitrogens with one attached hydrogen (secondary N) is 2. The number of hydrogen-bond acceptors (Lipinski definition) is 2. The molecular weight excluding hydrogens is 236 g/mol. The summed E-state index contributed by atoms with van der Waals surface area (Å²) in [6.45, 7) is 12.0. The Bertz CT molecular complexity index is 243. The third kappa shape index (κ3) is 8.09. The molecule has 0 bridgehead atoms. The second-order valence-corrected chi connectivity index (χ2v) is 5.67. The van der Waals surface area contributed by atoms with Crippen LogP contribution in [0.25, 0.3) is 0 Å². The number of likely N-dealkylation sites (tertiary alicyclic amines) is 1. The molecule has 2 N–H and O–H groups in total. The fourth-order valence-corrected chi connectivity index (χ4v) is 2.44. The van der Waals surface area contributed by atoms with Crippen LogP contribution in [0.5, 0.6) is 0 Å². The number of rotatable bonds is 6. The van der Waals surface area contributed by atoms with Gasteiger partial charge in [-0.3, -0.25) is 4.99 Å². The molecule has 0 amide bonds. The molecule has 1 fully saturated rings. The Labute approximate surface area is 119 Å². The van der Waals surface area contributed by atoms with E-state index in [1.807, 2.05) is 0 Å². The second kappa shape index (κ2) is 10.1. The Balaban J connectivity index is 2.21. The zero-order valence-corrected chi connectivity index (χ0v) is 13.0. The van der Waals surface area contributed by atoms with Crippen LogP contribution in [0.2, 0.25) is 0 Å². The predicted octanol–water partition coefficient (Wildman–Crippen LogP) is 2.22. The van der Waals surface area contributed by atoms with Gasteiger partial charge in [0.15, 0.2) is 5.96 Å². The van der Waals surface area contributed by atoms with Gasteiger partial charge in [-0.15, -0.1) is 0 Å². The summed E-state index contributed by atoms with van der Waals surface area (Å²) >= 11 is 0. The molecule has 1 aliphatic rings. The highest BCUT2D eigenvalue weighted by Crippen LogP contribution is 2.09. The van der Waals surface area contributed by atoms with Crippen LogP contribution in [0.15, 0.2) is 4.99 Å². The van der Waals surface area contributed by atoms with Crippen LogP contribution < -0.4 is 10.6 Å². The van der Waals surface area contributed by atoms with Crippen LogP contribution in [0, 0.1) is 0 Å². The predicted molar refractivity (Wildman–Crippen MR) is 83.8 cm³/mol. The van der Waals surface area contributed by atoms with E-state index in [2.05, 4.69) is 41.3 Å². The van der Waals surface area contributed by atoms with Crippen molar-refractivity contribution in [1.29, 1.82) is 0 Å². The van der Waals surface area contributed by atoms with Crippen LogP contribution in [0.3, 0.4) is 0 Å². The lowest BCUT2D eigenvalue weighted by Gasteiger charge is -2.19. The zero-order valence-electron chi connectivity index (χ0n) is 13.0. The highest BCUT2D eigenvalue weighted by molar-refractivity contribution is 5.79. The molecule has 0 aromatic heterocycles. The first-order valence-corrected chi connectivity index (χ1v) is 7.99. The van der Waals surface area contributed by atoms with Gasteiger partial charge in [-0.2, -0.15) is 0 Å². The normalized spacial score (nSPS) is 18.4. The maximum atomic E-state index is 4.63. The van der Waals surface area contributed by atoms with Crippen molar-refractivity contribution in [3.05, 3.63) is 0 Å². The van der Waals surface area contributed by atoms with Gasteiger partial charge in [0.25, 0.3) is 0 Å². The van der Waals surface area contributed by atoms with E-state index in [0.717, 1.165) is 25.5 Å². The Morgan fingerprint density at radius 3 is 2.42 bits per heavy atom. The summed E-state index contributed by atoms with van der Waals surface area (Å²) in [6, 6.07) is 0.434. The van der Waals surface area contributed by atoms with Crippen molar-refractivity contribution in [2.45, 2.75) is 58.9 Å². The van der Waals surface area contributed by atoms with Crippen molar-refractivity contribution in [2.75, 3.05) is 32.7 Å². The van der Waals surface area contributed by atoms with Crippen LogP contribution in [0.4, 0.5) is 0 Å². The molecule has 1 rings (SSSR count). The third-order valence-corrected chi connectivity index (χ3v) is 3.37. The van der Waals surface area contributed by atoms with Gasteiger partial charge in [-0.1, -0.05) is 12.8 Å². The van der Waals surface area contributed by atoms with Crippen LogP contribution in [-0.4, -0.2) is 49.6 Å². The summed E-state index contributed by atoms with van der Waals surface area (Å²) in [5.41, 5.74) is 0. The first-order valence-electron chi connectivity index (χ1n) is 7.99. The molecule has 112 valence electrons. The van der Waals surface area contributed by atoms with Crippen molar-refractivity contribution in [1.82, 2.24) is 15.5 Å². The first kappa shape index (κ1) is 16.3. The van der Waals surface area contributed by atoms with Gasteiger partial charge in [-0.25, -0.2) is 0 Å². The van der Waals surface area contributed by atoms with E-state index >= 15 is 0 Å². The lowest BCUT2D eigenvalue weighted by Crippen LogP contribution is -2.41. The van der Waals surface area contributed by atoms with Crippen molar-refractivity contribution >= 4 is 5.96 Å². The average molecular weight is 268 g/mol. The van der Waals surface area contributed by atoms with E-state index in [1.165, 1.54) is 45.3 Å². The van der Waals surface area contributed by atoms with Gasteiger partial charge in [0.2, 0.25) is 0 Å². The number of aliphatic imine (C=N–C) groups is 1. The van der Waals surface area contributed by atoms with Gasteiger partial charge < -0.3 is 15.5 Å². The van der Waals surface area contributed by atoms with Crippen molar-refractivity contribution in [2.24, 2.45) is 4.99 Å². The summed E-state index contributed by atoms with van der Waals surface area (Å²) in [5, 5.41) is 6.64. The summed E-state index contributed by atoms with van der Waals surface area (Å²) < 4.78 is 0. The van der Waals surface area contributed by atoms with E-state index in [-0.39, 0.29) is 0 Å². The molecule has 1 aliphatic heterocycles. The molecule has 0 aliphatic carbocycles. The number of guanidine groups is 1. The smallest absolute Gasteiger partial charge is 0.191 e. The van der Waals surface area contributed by atoms with E-state index in [0.29, 0.717) is 6.04 Å². The standard InChI is InChI=1S/C15H32N4/c1-4-16-15(18-14(2)3)17-10-9-13-19-11-7-5-6-8-12-19/h14H,4-13H2,1-3H3,(H2,16,17,18). The van der Waals surface area contributed by atoms with Crippen molar-refractivity contribution in [3.63, 3.8) is 0 Å². The van der Waals surface area contributed by atoms with Gasteiger partial charge in [0.05, 0.1) is 0 Å². The zero-order chi connectivity index (χ0) is 13.9. The quantitative estimate of drug-likeness (QED) is 0.441. The van der Waals surface area contributed by atoms with Crippen molar-refractivity contribution < 1.29 is 0 Å². The maximum absolute atomic E-state index is 4.63. The van der Waals surface area contributed by atoms with Crippen LogP contribution >= 0.6 is 0 Å². The van der Waals surface area contributed by atoms with E-state index in [1.54, 1.807) is 0 Å². The minimum Gasteiger partial charge on any atom is -0.357 e. The fourth-order valence-electron chi connectivity index (χ4n) is 2.44. The molecule has 0 unspecified atom stereocenters. The molecule has 0 spiro atoms. The largest absolute Gasteiger partial charge is 0.357 e. The van der Waals surface area contributed by atoms with E-state index in [4.69, 9.17) is 0 Å².